The molecule has 5 heteroatoms. The molecule has 0 amide bonds. The lowest BCUT2D eigenvalue weighted by Gasteiger charge is -2.06. The van der Waals surface area contributed by atoms with Gasteiger partial charge in [0.1, 0.15) is 0 Å². The predicted octanol–water partition coefficient (Wildman–Crippen LogP) is 3.62. The molecular weight excluding hydrogens is 286 g/mol. The Bertz CT molecular complexity index is 901. The van der Waals surface area contributed by atoms with Gasteiger partial charge in [0, 0.05) is 38.4 Å². The third-order valence-electron chi connectivity index (χ3n) is 3.53. The summed E-state index contributed by atoms with van der Waals surface area (Å²) < 4.78 is 1.82. The summed E-state index contributed by atoms with van der Waals surface area (Å²) in [5, 5.41) is 12.2. The molecule has 0 spiro atoms. The Hall–Kier alpha value is -2.27. The third-order valence-corrected chi connectivity index (χ3v) is 4.67. The molecule has 2 aromatic carbocycles. The van der Waals surface area contributed by atoms with Crippen molar-refractivity contribution in [3.8, 4) is 0 Å². The summed E-state index contributed by atoms with van der Waals surface area (Å²) in [7, 11) is 0. The van der Waals surface area contributed by atoms with Crippen LogP contribution in [0.15, 0.2) is 47.3 Å². The molecule has 0 N–H and O–H groups in total. The van der Waals surface area contributed by atoms with Crippen LogP contribution >= 0.6 is 11.3 Å². The lowest BCUT2D eigenvalue weighted by atomic mass is 10.1. The normalized spacial score (nSPS) is 12.6. The van der Waals surface area contributed by atoms with E-state index in [-0.39, 0.29) is 10.4 Å². The highest BCUT2D eigenvalue weighted by atomic mass is 32.1. The highest BCUT2D eigenvalue weighted by molar-refractivity contribution is 7.24. The minimum Gasteiger partial charge on any atom is -0.289 e. The van der Waals surface area contributed by atoms with Crippen LogP contribution in [0, 0.1) is 10.1 Å². The van der Waals surface area contributed by atoms with Gasteiger partial charge >= 0.3 is 0 Å². The van der Waals surface area contributed by atoms with Crippen molar-refractivity contribution in [2.75, 3.05) is 0 Å². The first-order valence-corrected chi connectivity index (χ1v) is 7.46. The summed E-state index contributed by atoms with van der Waals surface area (Å²) in [5.74, 6) is 0. The van der Waals surface area contributed by atoms with E-state index in [9.17, 15) is 14.9 Å². The lowest BCUT2D eigenvalue weighted by molar-refractivity contribution is -0.517. The van der Waals surface area contributed by atoms with Crippen LogP contribution in [0.5, 0.6) is 0 Å². The molecule has 0 aliphatic heterocycles. The molecule has 0 saturated heterocycles. The van der Waals surface area contributed by atoms with Gasteiger partial charge in [-0.2, -0.15) is 0 Å². The first kappa shape index (κ1) is 13.7. The van der Waals surface area contributed by atoms with Gasteiger partial charge in [-0.1, -0.05) is 18.2 Å². The van der Waals surface area contributed by atoms with Gasteiger partial charge in [0.15, 0.2) is 5.43 Å². The minimum atomic E-state index is -0.625. The van der Waals surface area contributed by atoms with Crippen molar-refractivity contribution in [2.45, 2.75) is 19.4 Å². The van der Waals surface area contributed by atoms with Crippen LogP contribution in [0.3, 0.4) is 0 Å². The van der Waals surface area contributed by atoms with E-state index in [1.165, 1.54) is 0 Å². The summed E-state index contributed by atoms with van der Waals surface area (Å²) in [6, 6.07) is 12.4. The maximum absolute atomic E-state index is 12.4. The highest BCUT2D eigenvalue weighted by Gasteiger charge is 2.14. The summed E-state index contributed by atoms with van der Waals surface area (Å²) in [4.78, 5) is 22.9. The van der Waals surface area contributed by atoms with Gasteiger partial charge in [0.2, 0.25) is 6.04 Å². The van der Waals surface area contributed by atoms with Crippen LogP contribution in [0.25, 0.3) is 20.2 Å². The molecule has 106 valence electrons. The van der Waals surface area contributed by atoms with Crippen molar-refractivity contribution in [2.24, 2.45) is 0 Å². The van der Waals surface area contributed by atoms with Gasteiger partial charge in [0.25, 0.3) is 0 Å². The molecule has 1 atom stereocenters. The average molecular weight is 299 g/mol. The molecule has 0 aliphatic carbocycles. The predicted molar refractivity (Wildman–Crippen MR) is 85.8 cm³/mol. The van der Waals surface area contributed by atoms with Crippen LogP contribution in [0.2, 0.25) is 0 Å². The van der Waals surface area contributed by atoms with Gasteiger partial charge in [0.05, 0.1) is 0 Å². The van der Waals surface area contributed by atoms with Crippen molar-refractivity contribution in [1.82, 2.24) is 0 Å². The summed E-state index contributed by atoms with van der Waals surface area (Å²) in [5.41, 5.74) is 0.908. The molecule has 0 saturated carbocycles. The van der Waals surface area contributed by atoms with Gasteiger partial charge < -0.3 is 0 Å². The molecule has 3 rings (SSSR count). The van der Waals surface area contributed by atoms with Gasteiger partial charge in [-0.15, -0.1) is 11.3 Å². The molecule has 1 heterocycles. The number of hydrogen-bond donors (Lipinski definition) is 0. The zero-order valence-corrected chi connectivity index (χ0v) is 12.2. The summed E-state index contributed by atoms with van der Waals surface area (Å²) >= 11 is 1.55. The van der Waals surface area contributed by atoms with Gasteiger partial charge in [-0.25, -0.2) is 0 Å². The van der Waals surface area contributed by atoms with Crippen LogP contribution in [-0.2, 0) is 6.42 Å². The molecular formula is C16H13NO3S. The second-order valence-electron chi connectivity index (χ2n) is 5.10. The van der Waals surface area contributed by atoms with Crippen molar-refractivity contribution in [1.29, 1.82) is 0 Å². The number of hydrogen-bond acceptors (Lipinski definition) is 4. The van der Waals surface area contributed by atoms with Crippen molar-refractivity contribution in [3.05, 3.63) is 68.4 Å². The van der Waals surface area contributed by atoms with E-state index in [0.29, 0.717) is 11.8 Å². The van der Waals surface area contributed by atoms with E-state index in [1.54, 1.807) is 24.3 Å². The molecule has 0 fully saturated rings. The number of nitro groups is 1. The largest absolute Gasteiger partial charge is 0.289 e. The van der Waals surface area contributed by atoms with E-state index in [4.69, 9.17) is 0 Å². The number of fused-ring (bicyclic) bond motifs is 2. The molecule has 1 aromatic heterocycles. The number of rotatable bonds is 3. The van der Waals surface area contributed by atoms with Gasteiger partial charge in [-0.05, 0) is 29.8 Å². The topological polar surface area (TPSA) is 60.2 Å². The zero-order chi connectivity index (χ0) is 15.0. The molecule has 4 nitrogen and oxygen atoms in total. The van der Waals surface area contributed by atoms with E-state index in [1.807, 2.05) is 36.4 Å². The molecule has 0 bridgehead atoms. The van der Waals surface area contributed by atoms with E-state index in [0.717, 1.165) is 20.3 Å². The molecule has 0 radical (unpaired) electrons. The van der Waals surface area contributed by atoms with Crippen LogP contribution in [0.1, 0.15) is 12.5 Å². The lowest BCUT2D eigenvalue weighted by Crippen LogP contribution is -2.17. The van der Waals surface area contributed by atoms with E-state index in [2.05, 4.69) is 0 Å². The maximum atomic E-state index is 12.4. The van der Waals surface area contributed by atoms with Crippen molar-refractivity contribution < 1.29 is 4.92 Å². The SMILES string of the molecule is CC(Cc1ccc2c(=O)c3ccccc3sc2c1)[N+](=O)[O-]. The van der Waals surface area contributed by atoms with E-state index >= 15 is 0 Å². The second-order valence-corrected chi connectivity index (χ2v) is 6.18. The monoisotopic (exact) mass is 299 g/mol. The standard InChI is InChI=1S/C16H13NO3S/c1-10(17(19)20)8-11-6-7-13-15(9-11)21-14-5-3-2-4-12(14)16(13)18/h2-7,9-10H,8H2,1H3. The first-order valence-electron chi connectivity index (χ1n) is 6.64. The molecule has 21 heavy (non-hydrogen) atoms. The minimum absolute atomic E-state index is 0.0215. The fourth-order valence-electron chi connectivity index (χ4n) is 2.39. The van der Waals surface area contributed by atoms with Crippen LogP contribution in [-0.4, -0.2) is 11.0 Å². The Balaban J connectivity index is 2.16. The Labute approximate surface area is 124 Å². The molecule has 0 aliphatic rings. The second kappa shape index (κ2) is 5.26. The molecule has 1 unspecified atom stereocenters. The first-order chi connectivity index (χ1) is 10.1. The summed E-state index contributed by atoms with van der Waals surface area (Å²) in [6.45, 7) is 1.59. The third kappa shape index (κ3) is 2.52. The Morgan fingerprint density at radius 1 is 1.14 bits per heavy atom. The highest BCUT2D eigenvalue weighted by Crippen LogP contribution is 2.25. The average Bonchev–Trinajstić information content (AvgIpc) is 2.47. The quantitative estimate of drug-likeness (QED) is 0.421. The fraction of sp³-hybridized carbons (Fsp3) is 0.188. The number of nitrogens with zero attached hydrogens (tertiary/aromatic N) is 1. The molecule has 3 aromatic rings. The number of benzene rings is 2. The van der Waals surface area contributed by atoms with Crippen LogP contribution in [0.4, 0.5) is 0 Å². The van der Waals surface area contributed by atoms with Gasteiger partial charge in [-0.3, -0.25) is 14.9 Å². The Morgan fingerprint density at radius 3 is 2.62 bits per heavy atom. The van der Waals surface area contributed by atoms with Crippen LogP contribution < -0.4 is 5.43 Å². The van der Waals surface area contributed by atoms with Crippen molar-refractivity contribution >= 4 is 31.5 Å². The Kier molecular flexibility index (Phi) is 3.43. The van der Waals surface area contributed by atoms with Crippen molar-refractivity contribution in [3.63, 3.8) is 0 Å². The zero-order valence-electron chi connectivity index (χ0n) is 11.4. The summed E-state index contributed by atoms with van der Waals surface area (Å²) in [6.07, 6.45) is 0.372. The fourth-order valence-corrected chi connectivity index (χ4v) is 3.52. The Morgan fingerprint density at radius 2 is 1.86 bits per heavy atom. The smallest absolute Gasteiger partial charge is 0.214 e. The van der Waals surface area contributed by atoms with E-state index < -0.39 is 6.04 Å². The maximum Gasteiger partial charge on any atom is 0.214 e.